The number of nitrogens with zero attached hydrogens (tertiary/aromatic N) is 5. The number of hydrogen-bond donors (Lipinski definition) is 2. The summed E-state index contributed by atoms with van der Waals surface area (Å²) in [7, 11) is 3.84. The van der Waals surface area contributed by atoms with Gasteiger partial charge in [0.25, 0.3) is 12.9 Å². The largest absolute Gasteiger partial charge is 0.483 e. The Labute approximate surface area is 179 Å². The van der Waals surface area contributed by atoms with Crippen molar-refractivity contribution in [2.24, 2.45) is 13.0 Å². The number of carbonyl (C=O) groups excluding carboxylic acids is 2. The fraction of sp³-hybridized carbons (Fsp3) is 0.632. The van der Waals surface area contributed by atoms with Crippen molar-refractivity contribution >= 4 is 30.4 Å². The van der Waals surface area contributed by atoms with Crippen LogP contribution in [0.15, 0.2) is 12.4 Å². The monoisotopic (exact) mass is 439 g/mol. The number of hydrogen-bond acceptors (Lipinski definition) is 7. The van der Waals surface area contributed by atoms with Gasteiger partial charge in [0.1, 0.15) is 0 Å². The van der Waals surface area contributed by atoms with Gasteiger partial charge in [0.05, 0.1) is 36.5 Å². The summed E-state index contributed by atoms with van der Waals surface area (Å²) in [6.45, 7) is 3.09. The molecular weight excluding hydrogens is 410 g/mol. The molecule has 1 aromatic rings. The normalized spacial score (nSPS) is 25.5. The quantitative estimate of drug-likeness (QED) is 0.560. The fourth-order valence-electron chi connectivity index (χ4n) is 4.21. The summed E-state index contributed by atoms with van der Waals surface area (Å²) < 4.78 is 7.07. The SMILES string of the molecule is CN1CC(=O)N(c2cnn(C)c2)CC12CCN(C(=O)C1CCOC1)C2.O=CO.O=CO. The first-order valence-corrected chi connectivity index (χ1v) is 9.84. The van der Waals surface area contributed by atoms with Crippen molar-refractivity contribution in [3.63, 3.8) is 0 Å². The molecule has 12 nitrogen and oxygen atoms in total. The van der Waals surface area contributed by atoms with E-state index in [2.05, 4.69) is 10.00 Å². The average molecular weight is 439 g/mol. The van der Waals surface area contributed by atoms with Gasteiger partial charge in [-0.15, -0.1) is 0 Å². The first-order chi connectivity index (χ1) is 14.8. The van der Waals surface area contributed by atoms with Crippen molar-refractivity contribution in [3.8, 4) is 0 Å². The number of aryl methyl sites for hydroxylation is 1. The highest BCUT2D eigenvalue weighted by Crippen LogP contribution is 2.34. The third-order valence-corrected chi connectivity index (χ3v) is 5.86. The van der Waals surface area contributed by atoms with Crippen LogP contribution in [-0.4, -0.2) is 107 Å². The molecule has 0 saturated carbocycles. The number of anilines is 1. The molecule has 3 aliphatic heterocycles. The molecule has 4 heterocycles. The highest BCUT2D eigenvalue weighted by molar-refractivity contribution is 5.95. The summed E-state index contributed by atoms with van der Waals surface area (Å²) in [5.74, 6) is 0.280. The number of rotatable bonds is 2. The van der Waals surface area contributed by atoms with E-state index in [1.807, 2.05) is 30.1 Å². The standard InChI is InChI=1S/C17H25N5O3.2CH2O2/c1-19-9-15(23)22(14-7-18-20(2)8-14)12-17(19)4-5-21(11-17)16(24)13-3-6-25-10-13;2*2-1-3/h7-8,13H,3-6,9-12H2,1-2H3;2*1H,(H,2,3). The molecule has 0 bridgehead atoms. The zero-order valence-electron chi connectivity index (χ0n) is 17.7. The van der Waals surface area contributed by atoms with Crippen molar-refractivity contribution in [1.82, 2.24) is 19.6 Å². The van der Waals surface area contributed by atoms with E-state index in [4.69, 9.17) is 24.5 Å². The molecule has 3 fully saturated rings. The van der Waals surface area contributed by atoms with Crippen LogP contribution in [0.1, 0.15) is 12.8 Å². The highest BCUT2D eigenvalue weighted by Gasteiger charge is 2.49. The van der Waals surface area contributed by atoms with Gasteiger partial charge < -0.3 is 24.7 Å². The second kappa shape index (κ2) is 10.9. The maximum absolute atomic E-state index is 12.7. The molecule has 31 heavy (non-hydrogen) atoms. The van der Waals surface area contributed by atoms with Crippen molar-refractivity contribution in [2.75, 3.05) is 51.3 Å². The minimum atomic E-state index is -0.250. The third-order valence-electron chi connectivity index (χ3n) is 5.86. The molecule has 12 heteroatoms. The molecule has 1 aromatic heterocycles. The molecule has 1 spiro atoms. The summed E-state index contributed by atoms with van der Waals surface area (Å²) in [5, 5.41) is 18.0. The van der Waals surface area contributed by atoms with Gasteiger partial charge in [0, 0.05) is 39.5 Å². The maximum Gasteiger partial charge on any atom is 0.290 e. The van der Waals surface area contributed by atoms with Crippen molar-refractivity contribution in [2.45, 2.75) is 18.4 Å². The molecule has 4 rings (SSSR count). The van der Waals surface area contributed by atoms with Crippen LogP contribution in [-0.2, 0) is 31.0 Å². The van der Waals surface area contributed by atoms with Crippen LogP contribution in [0.4, 0.5) is 5.69 Å². The zero-order valence-corrected chi connectivity index (χ0v) is 17.7. The van der Waals surface area contributed by atoms with Gasteiger partial charge >= 0.3 is 0 Å². The summed E-state index contributed by atoms with van der Waals surface area (Å²) >= 11 is 0. The van der Waals surface area contributed by atoms with Crippen LogP contribution < -0.4 is 4.90 Å². The predicted octanol–water partition coefficient (Wildman–Crippen LogP) is -0.892. The Morgan fingerprint density at radius 2 is 1.94 bits per heavy atom. The Morgan fingerprint density at radius 1 is 1.26 bits per heavy atom. The predicted molar refractivity (Wildman–Crippen MR) is 108 cm³/mol. The second-order valence-corrected chi connectivity index (χ2v) is 7.71. The molecule has 172 valence electrons. The first kappa shape index (κ1) is 24.3. The summed E-state index contributed by atoms with van der Waals surface area (Å²) in [4.78, 5) is 47.9. The van der Waals surface area contributed by atoms with E-state index >= 15 is 0 Å². The Kier molecular flexibility index (Phi) is 8.51. The van der Waals surface area contributed by atoms with Gasteiger partial charge in [-0.2, -0.15) is 5.10 Å². The van der Waals surface area contributed by atoms with Crippen molar-refractivity contribution in [1.29, 1.82) is 0 Å². The Bertz CT molecular complexity index is 773. The number of likely N-dealkylation sites (tertiary alicyclic amines) is 1. The van der Waals surface area contributed by atoms with E-state index in [1.165, 1.54) is 0 Å². The summed E-state index contributed by atoms with van der Waals surface area (Å²) in [6, 6.07) is 0. The smallest absolute Gasteiger partial charge is 0.290 e. The van der Waals surface area contributed by atoms with Crippen molar-refractivity contribution < 1.29 is 34.1 Å². The van der Waals surface area contributed by atoms with Gasteiger partial charge in [0.2, 0.25) is 11.8 Å². The lowest BCUT2D eigenvalue weighted by atomic mass is 9.92. The van der Waals surface area contributed by atoms with E-state index in [-0.39, 0.29) is 36.2 Å². The van der Waals surface area contributed by atoms with E-state index in [1.54, 1.807) is 10.9 Å². The van der Waals surface area contributed by atoms with Crippen LogP contribution >= 0.6 is 0 Å². The van der Waals surface area contributed by atoms with Gasteiger partial charge in [-0.25, -0.2) is 0 Å². The molecule has 2 amide bonds. The zero-order chi connectivity index (χ0) is 23.0. The number of piperazine rings is 1. The van der Waals surface area contributed by atoms with E-state index in [0.717, 1.165) is 25.1 Å². The molecule has 0 aliphatic carbocycles. The Morgan fingerprint density at radius 3 is 2.48 bits per heavy atom. The molecule has 0 radical (unpaired) electrons. The third kappa shape index (κ3) is 5.58. The lowest BCUT2D eigenvalue weighted by Crippen LogP contribution is -2.64. The fourth-order valence-corrected chi connectivity index (χ4v) is 4.21. The van der Waals surface area contributed by atoms with E-state index in [0.29, 0.717) is 32.8 Å². The van der Waals surface area contributed by atoms with Crippen molar-refractivity contribution in [3.05, 3.63) is 12.4 Å². The summed E-state index contributed by atoms with van der Waals surface area (Å²) in [6.07, 6.45) is 5.29. The van der Waals surface area contributed by atoms with Crippen LogP contribution in [0.3, 0.4) is 0 Å². The molecule has 2 N–H and O–H groups in total. The van der Waals surface area contributed by atoms with Gasteiger partial charge in [-0.3, -0.25) is 28.8 Å². The lowest BCUT2D eigenvalue weighted by Gasteiger charge is -2.46. The number of amides is 2. The topological polar surface area (TPSA) is 146 Å². The lowest BCUT2D eigenvalue weighted by molar-refractivity contribution is -0.135. The van der Waals surface area contributed by atoms with E-state index < -0.39 is 0 Å². The molecule has 2 unspecified atom stereocenters. The van der Waals surface area contributed by atoms with Crippen LogP contribution in [0, 0.1) is 5.92 Å². The molecule has 0 aromatic carbocycles. The van der Waals surface area contributed by atoms with Crippen LogP contribution in [0.25, 0.3) is 0 Å². The number of carbonyl (C=O) groups is 4. The Balaban J connectivity index is 0.000000513. The van der Waals surface area contributed by atoms with Crippen LogP contribution in [0.2, 0.25) is 0 Å². The number of aromatic nitrogens is 2. The minimum absolute atomic E-state index is 0.0000972. The number of ether oxygens (including phenoxy) is 1. The Hall–Kier alpha value is -2.99. The first-order valence-electron chi connectivity index (χ1n) is 9.84. The molecular formula is C19H29N5O7. The van der Waals surface area contributed by atoms with E-state index in [9.17, 15) is 9.59 Å². The molecule has 3 saturated heterocycles. The molecule has 3 aliphatic rings. The minimum Gasteiger partial charge on any atom is -0.483 e. The van der Waals surface area contributed by atoms with Gasteiger partial charge in [-0.05, 0) is 19.9 Å². The molecule has 2 atom stereocenters. The van der Waals surface area contributed by atoms with Crippen LogP contribution in [0.5, 0.6) is 0 Å². The summed E-state index contributed by atoms with van der Waals surface area (Å²) in [5.41, 5.74) is 0.646. The van der Waals surface area contributed by atoms with Gasteiger partial charge in [0.15, 0.2) is 0 Å². The van der Waals surface area contributed by atoms with Gasteiger partial charge in [-0.1, -0.05) is 0 Å². The highest BCUT2D eigenvalue weighted by atomic mass is 16.5. The number of likely N-dealkylation sites (N-methyl/N-ethyl adjacent to an activating group) is 1. The second-order valence-electron chi connectivity index (χ2n) is 7.71. The maximum atomic E-state index is 12.7. The average Bonchev–Trinajstić information content (AvgIpc) is 3.47. The number of carboxylic acid groups (broad SMARTS) is 2.